The van der Waals surface area contributed by atoms with E-state index < -0.39 is 10.0 Å². The van der Waals surface area contributed by atoms with E-state index in [0.29, 0.717) is 4.21 Å². The third-order valence-corrected chi connectivity index (χ3v) is 6.05. The standard InChI is InChI=1S/C8H9NO2S3/c1-5-7-6(3-2-4-12-7)13-8(5)14(9,10)11/h2-3H,4H2,1H3,(H2,9,10,11). The molecule has 1 aromatic heterocycles. The predicted molar refractivity (Wildman–Crippen MR) is 60.2 cm³/mol. The second-order valence-corrected chi connectivity index (χ2v) is 6.81. The maximum atomic E-state index is 11.2. The van der Waals surface area contributed by atoms with Crippen LogP contribution in [0, 0.1) is 6.92 Å². The lowest BCUT2D eigenvalue weighted by Gasteiger charge is -2.04. The molecule has 0 bridgehead atoms. The molecule has 14 heavy (non-hydrogen) atoms. The third-order valence-electron chi connectivity index (χ3n) is 1.92. The number of rotatable bonds is 1. The van der Waals surface area contributed by atoms with Gasteiger partial charge in [-0.25, -0.2) is 13.6 Å². The van der Waals surface area contributed by atoms with Gasteiger partial charge in [0.2, 0.25) is 10.0 Å². The van der Waals surface area contributed by atoms with Crippen LogP contribution in [0.1, 0.15) is 10.4 Å². The molecule has 76 valence electrons. The number of hydrogen-bond donors (Lipinski definition) is 1. The number of primary sulfonamides is 1. The molecule has 1 aliphatic heterocycles. The summed E-state index contributed by atoms with van der Waals surface area (Å²) in [6, 6.07) is 0. The van der Waals surface area contributed by atoms with Crippen LogP contribution in [0.3, 0.4) is 0 Å². The molecule has 0 unspecified atom stereocenters. The molecule has 0 saturated carbocycles. The lowest BCUT2D eigenvalue weighted by molar-refractivity contribution is 0.599. The number of sulfonamides is 1. The molecule has 0 amide bonds. The van der Waals surface area contributed by atoms with Gasteiger partial charge in [-0.05, 0) is 18.6 Å². The van der Waals surface area contributed by atoms with Crippen molar-refractivity contribution in [1.29, 1.82) is 0 Å². The summed E-state index contributed by atoms with van der Waals surface area (Å²) in [5.74, 6) is 0.897. The summed E-state index contributed by atoms with van der Waals surface area (Å²) in [6.45, 7) is 1.81. The van der Waals surface area contributed by atoms with Gasteiger partial charge in [0.1, 0.15) is 4.21 Å². The predicted octanol–water partition coefficient (Wildman–Crippen LogP) is 1.82. The first-order chi connectivity index (χ1) is 6.50. The van der Waals surface area contributed by atoms with Gasteiger partial charge in [-0.2, -0.15) is 0 Å². The molecule has 0 aliphatic carbocycles. The van der Waals surface area contributed by atoms with Gasteiger partial charge in [0.25, 0.3) is 0 Å². The van der Waals surface area contributed by atoms with E-state index in [1.807, 2.05) is 12.2 Å². The van der Waals surface area contributed by atoms with Gasteiger partial charge < -0.3 is 0 Å². The van der Waals surface area contributed by atoms with Crippen LogP contribution in [-0.4, -0.2) is 14.2 Å². The molecule has 1 aromatic rings. The quantitative estimate of drug-likeness (QED) is 0.823. The summed E-state index contributed by atoms with van der Waals surface area (Å²) in [6.07, 6.45) is 3.98. The molecule has 0 fully saturated rings. The molecule has 3 nitrogen and oxygen atoms in total. The third kappa shape index (κ3) is 1.63. The van der Waals surface area contributed by atoms with Crippen molar-refractivity contribution < 1.29 is 8.42 Å². The van der Waals surface area contributed by atoms with Gasteiger partial charge in [0, 0.05) is 15.5 Å². The van der Waals surface area contributed by atoms with Crippen molar-refractivity contribution in [2.45, 2.75) is 16.0 Å². The molecule has 0 aromatic carbocycles. The monoisotopic (exact) mass is 247 g/mol. The molecular formula is C8H9NO2S3. The highest BCUT2D eigenvalue weighted by Gasteiger charge is 2.22. The zero-order chi connectivity index (χ0) is 10.3. The van der Waals surface area contributed by atoms with E-state index in [4.69, 9.17) is 5.14 Å². The van der Waals surface area contributed by atoms with Gasteiger partial charge in [-0.1, -0.05) is 6.08 Å². The zero-order valence-electron chi connectivity index (χ0n) is 7.48. The van der Waals surface area contributed by atoms with Crippen molar-refractivity contribution in [3.63, 3.8) is 0 Å². The van der Waals surface area contributed by atoms with Gasteiger partial charge in [0.15, 0.2) is 0 Å². The van der Waals surface area contributed by atoms with E-state index in [1.54, 1.807) is 18.7 Å². The minimum Gasteiger partial charge on any atom is -0.224 e. The fraction of sp³-hybridized carbons (Fsp3) is 0.250. The molecule has 0 atom stereocenters. The first kappa shape index (κ1) is 10.2. The maximum absolute atomic E-state index is 11.2. The molecule has 0 saturated heterocycles. The highest BCUT2D eigenvalue weighted by atomic mass is 32.2. The zero-order valence-corrected chi connectivity index (χ0v) is 9.93. The van der Waals surface area contributed by atoms with Gasteiger partial charge in [0.05, 0.1) is 0 Å². The van der Waals surface area contributed by atoms with Crippen LogP contribution in [0.15, 0.2) is 15.2 Å². The van der Waals surface area contributed by atoms with Crippen LogP contribution in [0.4, 0.5) is 0 Å². The molecule has 6 heteroatoms. The van der Waals surface area contributed by atoms with E-state index in [2.05, 4.69) is 0 Å². The average molecular weight is 247 g/mol. The Kier molecular flexibility index (Phi) is 2.46. The molecule has 1 aliphatic rings. The molecule has 0 radical (unpaired) electrons. The lowest BCUT2D eigenvalue weighted by Crippen LogP contribution is -2.11. The SMILES string of the molecule is Cc1c(S(N)(=O)=O)sc2c1SCC=C2. The summed E-state index contributed by atoms with van der Waals surface area (Å²) in [4.78, 5) is 2.06. The minimum absolute atomic E-state index is 0.293. The van der Waals surface area contributed by atoms with E-state index >= 15 is 0 Å². The largest absolute Gasteiger partial charge is 0.247 e. The summed E-state index contributed by atoms with van der Waals surface area (Å²) in [5.41, 5.74) is 0.793. The second-order valence-electron chi connectivity index (χ2n) is 2.97. The van der Waals surface area contributed by atoms with Gasteiger partial charge >= 0.3 is 0 Å². The van der Waals surface area contributed by atoms with E-state index in [-0.39, 0.29) is 0 Å². The van der Waals surface area contributed by atoms with Crippen LogP contribution >= 0.6 is 23.1 Å². The highest BCUT2D eigenvalue weighted by Crippen LogP contribution is 2.40. The van der Waals surface area contributed by atoms with Crippen molar-refractivity contribution in [3.05, 3.63) is 16.5 Å². The normalized spacial score (nSPS) is 15.6. The van der Waals surface area contributed by atoms with Crippen LogP contribution in [0.5, 0.6) is 0 Å². The first-order valence-electron chi connectivity index (χ1n) is 3.95. The lowest BCUT2D eigenvalue weighted by atomic mass is 10.3. The average Bonchev–Trinajstić information content (AvgIpc) is 2.44. The van der Waals surface area contributed by atoms with Crippen LogP contribution < -0.4 is 5.14 Å². The summed E-state index contributed by atoms with van der Waals surface area (Å²) in [5, 5.41) is 5.12. The van der Waals surface area contributed by atoms with E-state index in [0.717, 1.165) is 21.1 Å². The minimum atomic E-state index is -3.56. The molecule has 0 spiro atoms. The van der Waals surface area contributed by atoms with Crippen molar-refractivity contribution >= 4 is 39.2 Å². The number of fused-ring (bicyclic) bond motifs is 1. The molecule has 2 heterocycles. The Bertz CT molecular complexity index is 499. The number of hydrogen-bond acceptors (Lipinski definition) is 4. The number of thioether (sulfide) groups is 1. The summed E-state index contributed by atoms with van der Waals surface area (Å²) in [7, 11) is -3.56. The van der Waals surface area contributed by atoms with E-state index in [9.17, 15) is 8.42 Å². The Balaban J connectivity index is 2.67. The fourth-order valence-corrected chi connectivity index (χ4v) is 4.79. The van der Waals surface area contributed by atoms with Crippen molar-refractivity contribution in [3.8, 4) is 0 Å². The van der Waals surface area contributed by atoms with Crippen LogP contribution in [-0.2, 0) is 10.0 Å². The number of nitrogens with two attached hydrogens (primary N) is 1. The Hall–Kier alpha value is -0.300. The number of thiophene rings is 1. The maximum Gasteiger partial charge on any atom is 0.247 e. The smallest absolute Gasteiger partial charge is 0.224 e. The van der Waals surface area contributed by atoms with Crippen LogP contribution in [0.2, 0.25) is 0 Å². The Morgan fingerprint density at radius 3 is 2.79 bits per heavy atom. The second kappa shape index (κ2) is 3.37. The van der Waals surface area contributed by atoms with Crippen LogP contribution in [0.25, 0.3) is 6.08 Å². The summed E-state index contributed by atoms with van der Waals surface area (Å²) >= 11 is 2.90. The highest BCUT2D eigenvalue weighted by molar-refractivity contribution is 8.00. The Morgan fingerprint density at radius 1 is 1.50 bits per heavy atom. The van der Waals surface area contributed by atoms with Crippen molar-refractivity contribution in [2.75, 3.05) is 5.75 Å². The van der Waals surface area contributed by atoms with Crippen molar-refractivity contribution in [2.24, 2.45) is 5.14 Å². The molecule has 2 rings (SSSR count). The Morgan fingerprint density at radius 2 is 2.21 bits per heavy atom. The first-order valence-corrected chi connectivity index (χ1v) is 7.30. The topological polar surface area (TPSA) is 60.2 Å². The van der Waals surface area contributed by atoms with Crippen molar-refractivity contribution in [1.82, 2.24) is 0 Å². The van der Waals surface area contributed by atoms with E-state index in [1.165, 1.54) is 11.3 Å². The molecular weight excluding hydrogens is 238 g/mol. The molecule has 2 N–H and O–H groups in total. The Labute approximate surface area is 91.1 Å². The van der Waals surface area contributed by atoms with Gasteiger partial charge in [-0.15, -0.1) is 23.1 Å². The fourth-order valence-electron chi connectivity index (χ4n) is 1.35. The summed E-state index contributed by atoms with van der Waals surface area (Å²) < 4.78 is 22.7. The van der Waals surface area contributed by atoms with Gasteiger partial charge in [-0.3, -0.25) is 0 Å².